The van der Waals surface area contributed by atoms with Gasteiger partial charge in [-0.2, -0.15) is 0 Å². The Labute approximate surface area is 139 Å². The molecule has 1 aromatic rings. The van der Waals surface area contributed by atoms with Gasteiger partial charge in [0, 0.05) is 10.5 Å². The van der Waals surface area contributed by atoms with Crippen LogP contribution < -0.4 is 5.32 Å². The molecular formula is C19H30BrN. The highest BCUT2D eigenvalue weighted by Crippen LogP contribution is 2.40. The SMILES string of the molecule is CCCNC(c1ccc(C)cc1Br)C1CCC(CC)CC1. The van der Waals surface area contributed by atoms with Gasteiger partial charge in [0.15, 0.2) is 0 Å². The lowest BCUT2D eigenvalue weighted by atomic mass is 9.76. The molecule has 0 spiro atoms. The van der Waals surface area contributed by atoms with Gasteiger partial charge in [0.2, 0.25) is 0 Å². The summed E-state index contributed by atoms with van der Waals surface area (Å²) in [7, 11) is 0. The molecule has 1 saturated carbocycles. The number of benzene rings is 1. The number of rotatable bonds is 6. The predicted molar refractivity (Wildman–Crippen MR) is 95.7 cm³/mol. The van der Waals surface area contributed by atoms with Crippen LogP contribution in [0.4, 0.5) is 0 Å². The zero-order valence-corrected chi connectivity index (χ0v) is 15.4. The Hall–Kier alpha value is -0.340. The van der Waals surface area contributed by atoms with Crippen LogP contribution in [0.2, 0.25) is 0 Å². The fourth-order valence-corrected chi connectivity index (χ4v) is 4.38. The van der Waals surface area contributed by atoms with Gasteiger partial charge in [-0.15, -0.1) is 0 Å². The van der Waals surface area contributed by atoms with E-state index in [0.29, 0.717) is 6.04 Å². The van der Waals surface area contributed by atoms with E-state index in [2.05, 4.69) is 60.2 Å². The van der Waals surface area contributed by atoms with Crippen molar-refractivity contribution in [3.63, 3.8) is 0 Å². The molecule has 1 N–H and O–H groups in total. The first-order valence-electron chi connectivity index (χ1n) is 8.65. The number of halogens is 1. The van der Waals surface area contributed by atoms with Crippen LogP contribution in [-0.4, -0.2) is 6.54 Å². The molecule has 2 heteroatoms. The number of aryl methyl sites for hydroxylation is 1. The van der Waals surface area contributed by atoms with E-state index in [1.165, 1.54) is 54.1 Å². The van der Waals surface area contributed by atoms with Crippen LogP contribution in [-0.2, 0) is 0 Å². The van der Waals surface area contributed by atoms with Crippen molar-refractivity contribution < 1.29 is 0 Å². The Morgan fingerprint density at radius 2 is 1.90 bits per heavy atom. The summed E-state index contributed by atoms with van der Waals surface area (Å²) in [5.74, 6) is 1.76. The van der Waals surface area contributed by atoms with E-state index in [-0.39, 0.29) is 0 Å². The quantitative estimate of drug-likeness (QED) is 0.661. The Balaban J connectivity index is 2.14. The summed E-state index contributed by atoms with van der Waals surface area (Å²) in [5, 5.41) is 3.82. The summed E-state index contributed by atoms with van der Waals surface area (Å²) in [4.78, 5) is 0. The maximum atomic E-state index is 3.82. The zero-order chi connectivity index (χ0) is 15.2. The maximum absolute atomic E-state index is 3.82. The van der Waals surface area contributed by atoms with Crippen LogP contribution in [0.1, 0.15) is 69.5 Å². The molecule has 0 aliphatic heterocycles. The third kappa shape index (κ3) is 4.56. The van der Waals surface area contributed by atoms with E-state index in [1.807, 2.05) is 0 Å². The lowest BCUT2D eigenvalue weighted by Crippen LogP contribution is -2.31. The Bertz CT molecular complexity index is 435. The minimum atomic E-state index is 0.512. The first kappa shape index (κ1) is 17.0. The van der Waals surface area contributed by atoms with E-state index in [4.69, 9.17) is 0 Å². The van der Waals surface area contributed by atoms with Crippen molar-refractivity contribution in [1.29, 1.82) is 0 Å². The molecule has 1 unspecified atom stereocenters. The van der Waals surface area contributed by atoms with Gasteiger partial charge in [-0.05, 0) is 61.8 Å². The van der Waals surface area contributed by atoms with Crippen molar-refractivity contribution in [3.8, 4) is 0 Å². The van der Waals surface area contributed by atoms with Crippen molar-refractivity contribution in [3.05, 3.63) is 33.8 Å². The number of nitrogens with one attached hydrogen (secondary N) is 1. The average molecular weight is 352 g/mol. The molecule has 1 aliphatic rings. The summed E-state index contributed by atoms with van der Waals surface area (Å²) in [5.41, 5.74) is 2.78. The first-order chi connectivity index (χ1) is 10.2. The van der Waals surface area contributed by atoms with Gasteiger partial charge in [0.1, 0.15) is 0 Å². The normalized spacial score (nSPS) is 24.0. The molecule has 118 valence electrons. The van der Waals surface area contributed by atoms with Crippen LogP contribution in [0.3, 0.4) is 0 Å². The molecule has 21 heavy (non-hydrogen) atoms. The Kier molecular flexibility index (Phi) is 6.75. The fourth-order valence-electron chi connectivity index (χ4n) is 3.64. The predicted octanol–water partition coefficient (Wildman–Crippen LogP) is 6.01. The second-order valence-corrected chi connectivity index (χ2v) is 7.50. The molecule has 1 aromatic carbocycles. The zero-order valence-electron chi connectivity index (χ0n) is 13.8. The Morgan fingerprint density at radius 1 is 1.19 bits per heavy atom. The standard InChI is InChI=1S/C19H30BrN/c1-4-12-21-19(16-9-7-15(5-2)8-10-16)17-11-6-14(3)13-18(17)20/h6,11,13,15-16,19,21H,4-5,7-10,12H2,1-3H3. The topological polar surface area (TPSA) is 12.0 Å². The summed E-state index contributed by atoms with van der Waals surface area (Å²) in [6, 6.07) is 7.34. The molecule has 0 amide bonds. The van der Waals surface area contributed by atoms with Crippen LogP contribution in [0.15, 0.2) is 22.7 Å². The lowest BCUT2D eigenvalue weighted by molar-refractivity contribution is 0.218. The molecule has 1 fully saturated rings. The second-order valence-electron chi connectivity index (χ2n) is 6.65. The molecule has 0 bridgehead atoms. The molecule has 1 nitrogen and oxygen atoms in total. The van der Waals surface area contributed by atoms with E-state index in [1.54, 1.807) is 0 Å². The van der Waals surface area contributed by atoms with Gasteiger partial charge in [-0.25, -0.2) is 0 Å². The van der Waals surface area contributed by atoms with Crippen LogP contribution in [0.25, 0.3) is 0 Å². The smallest absolute Gasteiger partial charge is 0.0359 e. The molecular weight excluding hydrogens is 322 g/mol. The third-order valence-electron chi connectivity index (χ3n) is 5.05. The fraction of sp³-hybridized carbons (Fsp3) is 0.684. The Morgan fingerprint density at radius 3 is 2.48 bits per heavy atom. The summed E-state index contributed by atoms with van der Waals surface area (Å²) in [6.45, 7) is 7.87. The minimum Gasteiger partial charge on any atom is -0.310 e. The van der Waals surface area contributed by atoms with Crippen LogP contribution >= 0.6 is 15.9 Å². The molecule has 1 atom stereocenters. The maximum Gasteiger partial charge on any atom is 0.0359 e. The van der Waals surface area contributed by atoms with Crippen molar-refractivity contribution in [1.82, 2.24) is 5.32 Å². The van der Waals surface area contributed by atoms with E-state index >= 15 is 0 Å². The minimum absolute atomic E-state index is 0.512. The van der Waals surface area contributed by atoms with E-state index in [9.17, 15) is 0 Å². The summed E-state index contributed by atoms with van der Waals surface area (Å²) >= 11 is 3.79. The monoisotopic (exact) mass is 351 g/mol. The molecule has 0 heterocycles. The second kappa shape index (κ2) is 8.33. The summed E-state index contributed by atoms with van der Waals surface area (Å²) in [6.07, 6.45) is 8.13. The van der Waals surface area contributed by atoms with Gasteiger partial charge in [-0.1, -0.05) is 61.2 Å². The van der Waals surface area contributed by atoms with Crippen molar-refractivity contribution in [2.75, 3.05) is 6.54 Å². The summed E-state index contributed by atoms with van der Waals surface area (Å²) < 4.78 is 1.27. The van der Waals surface area contributed by atoms with Crippen molar-refractivity contribution >= 4 is 15.9 Å². The highest BCUT2D eigenvalue weighted by molar-refractivity contribution is 9.10. The highest BCUT2D eigenvalue weighted by atomic mass is 79.9. The molecule has 0 aromatic heterocycles. The molecule has 0 saturated heterocycles. The van der Waals surface area contributed by atoms with Gasteiger partial charge in [0.05, 0.1) is 0 Å². The number of hydrogen-bond acceptors (Lipinski definition) is 1. The molecule has 0 radical (unpaired) electrons. The largest absolute Gasteiger partial charge is 0.310 e. The molecule has 2 rings (SSSR count). The van der Waals surface area contributed by atoms with Crippen molar-refractivity contribution in [2.45, 2.75) is 65.3 Å². The van der Waals surface area contributed by atoms with Gasteiger partial charge < -0.3 is 5.32 Å². The van der Waals surface area contributed by atoms with E-state index < -0.39 is 0 Å². The van der Waals surface area contributed by atoms with E-state index in [0.717, 1.165) is 18.4 Å². The average Bonchev–Trinajstić information content (AvgIpc) is 2.50. The molecule has 1 aliphatic carbocycles. The van der Waals surface area contributed by atoms with Gasteiger partial charge >= 0.3 is 0 Å². The highest BCUT2D eigenvalue weighted by Gasteiger charge is 2.28. The third-order valence-corrected chi connectivity index (χ3v) is 5.73. The van der Waals surface area contributed by atoms with Gasteiger partial charge in [0.25, 0.3) is 0 Å². The van der Waals surface area contributed by atoms with Crippen LogP contribution in [0.5, 0.6) is 0 Å². The van der Waals surface area contributed by atoms with Crippen molar-refractivity contribution in [2.24, 2.45) is 11.8 Å². The number of hydrogen-bond donors (Lipinski definition) is 1. The lowest BCUT2D eigenvalue weighted by Gasteiger charge is -2.35. The first-order valence-corrected chi connectivity index (χ1v) is 9.44. The van der Waals surface area contributed by atoms with Gasteiger partial charge in [-0.3, -0.25) is 0 Å². The van der Waals surface area contributed by atoms with Crippen LogP contribution in [0, 0.1) is 18.8 Å².